The topological polar surface area (TPSA) is 46.9 Å². The van der Waals surface area contributed by atoms with E-state index in [0.717, 1.165) is 42.5 Å². The molecule has 0 spiro atoms. The molecule has 0 aromatic heterocycles. The zero-order valence-electron chi connectivity index (χ0n) is 13.1. The molecule has 22 heavy (non-hydrogen) atoms. The van der Waals surface area contributed by atoms with Gasteiger partial charge in [-0.1, -0.05) is 42.5 Å². The molecule has 2 aromatic rings. The summed E-state index contributed by atoms with van der Waals surface area (Å²) in [6, 6.07) is 13.9. The van der Waals surface area contributed by atoms with E-state index in [2.05, 4.69) is 16.8 Å². The van der Waals surface area contributed by atoms with Crippen LogP contribution in [0.4, 0.5) is 0 Å². The van der Waals surface area contributed by atoms with Crippen molar-refractivity contribution in [1.29, 1.82) is 0 Å². The van der Waals surface area contributed by atoms with Gasteiger partial charge < -0.3 is 15.1 Å². The Balaban J connectivity index is 1.91. The van der Waals surface area contributed by atoms with Gasteiger partial charge in [-0.3, -0.25) is 4.90 Å². The maximum absolute atomic E-state index is 11.1. The second-order valence-electron chi connectivity index (χ2n) is 6.30. The van der Waals surface area contributed by atoms with E-state index in [1.54, 1.807) is 0 Å². The number of aliphatic hydroxyl groups excluding tert-OH is 1. The van der Waals surface area contributed by atoms with Gasteiger partial charge in [-0.15, -0.1) is 0 Å². The number of aliphatic hydroxyl groups is 2. The second-order valence-corrected chi connectivity index (χ2v) is 6.30. The Bertz CT molecular complexity index is 633. The van der Waals surface area contributed by atoms with Crippen molar-refractivity contribution in [1.82, 2.24) is 9.80 Å². The van der Waals surface area contributed by atoms with Crippen molar-refractivity contribution in [2.45, 2.75) is 5.60 Å². The minimum Gasteiger partial charge on any atom is -0.393 e. The number of hydrogen-bond donors (Lipinski definition) is 2. The SMILES string of the molecule is CN1CCN(CC(O)(CO)c2cccc3ccccc23)CC1. The average molecular weight is 300 g/mol. The number of benzene rings is 2. The number of nitrogens with zero attached hydrogens (tertiary/aromatic N) is 2. The molecular formula is C18H24N2O2. The van der Waals surface area contributed by atoms with Crippen LogP contribution < -0.4 is 0 Å². The standard InChI is InChI=1S/C18H24N2O2/c1-19-9-11-20(12-10-19)13-18(22,14-21)17-8-4-6-15-5-2-3-7-16(15)17/h2-8,21-22H,9-14H2,1H3. The summed E-state index contributed by atoms with van der Waals surface area (Å²) >= 11 is 0. The summed E-state index contributed by atoms with van der Waals surface area (Å²) in [4.78, 5) is 4.52. The number of piperazine rings is 1. The van der Waals surface area contributed by atoms with E-state index in [1.165, 1.54) is 0 Å². The fourth-order valence-electron chi connectivity index (χ4n) is 3.23. The van der Waals surface area contributed by atoms with Crippen LogP contribution in [0.15, 0.2) is 42.5 Å². The Hall–Kier alpha value is -1.46. The molecule has 1 unspecified atom stereocenters. The highest BCUT2D eigenvalue weighted by molar-refractivity contribution is 5.86. The third-order valence-electron chi connectivity index (χ3n) is 4.63. The van der Waals surface area contributed by atoms with Gasteiger partial charge in [-0.25, -0.2) is 0 Å². The molecule has 0 radical (unpaired) electrons. The normalized spacial score (nSPS) is 20.1. The van der Waals surface area contributed by atoms with E-state index in [9.17, 15) is 10.2 Å². The second kappa shape index (κ2) is 6.34. The molecule has 2 aromatic carbocycles. The van der Waals surface area contributed by atoms with Crippen LogP contribution in [0, 0.1) is 0 Å². The van der Waals surface area contributed by atoms with Crippen LogP contribution in [0.1, 0.15) is 5.56 Å². The Morgan fingerprint density at radius 3 is 2.41 bits per heavy atom. The Labute approximate surface area is 131 Å². The first-order valence-corrected chi connectivity index (χ1v) is 7.85. The van der Waals surface area contributed by atoms with E-state index >= 15 is 0 Å². The zero-order valence-corrected chi connectivity index (χ0v) is 13.1. The fourth-order valence-corrected chi connectivity index (χ4v) is 3.23. The number of fused-ring (bicyclic) bond motifs is 1. The highest BCUT2D eigenvalue weighted by atomic mass is 16.3. The van der Waals surface area contributed by atoms with E-state index in [4.69, 9.17) is 0 Å². The Morgan fingerprint density at radius 1 is 1.00 bits per heavy atom. The lowest BCUT2D eigenvalue weighted by molar-refractivity contribution is -0.0504. The largest absolute Gasteiger partial charge is 0.393 e. The number of β-amino-alcohol motifs (C(OH)–C–C–N with tert-alkyl or cyclic N) is 1. The molecule has 4 heteroatoms. The first-order valence-electron chi connectivity index (χ1n) is 7.85. The van der Waals surface area contributed by atoms with Crippen LogP contribution in [-0.2, 0) is 5.60 Å². The van der Waals surface area contributed by atoms with Gasteiger partial charge in [-0.05, 0) is 23.4 Å². The smallest absolute Gasteiger partial charge is 0.126 e. The maximum Gasteiger partial charge on any atom is 0.126 e. The lowest BCUT2D eigenvalue weighted by Gasteiger charge is -2.38. The summed E-state index contributed by atoms with van der Waals surface area (Å²) in [5.74, 6) is 0. The molecule has 0 saturated carbocycles. The van der Waals surface area contributed by atoms with Crippen molar-refractivity contribution in [2.75, 3.05) is 46.4 Å². The molecule has 1 aliphatic heterocycles. The molecular weight excluding hydrogens is 276 g/mol. The highest BCUT2D eigenvalue weighted by Crippen LogP contribution is 2.29. The minimum atomic E-state index is -1.23. The Kier molecular flexibility index (Phi) is 4.45. The number of rotatable bonds is 4. The van der Waals surface area contributed by atoms with E-state index < -0.39 is 5.60 Å². The average Bonchev–Trinajstić information content (AvgIpc) is 2.56. The number of likely N-dealkylation sites (N-methyl/N-ethyl adjacent to an activating group) is 1. The van der Waals surface area contributed by atoms with E-state index in [1.807, 2.05) is 42.5 Å². The monoisotopic (exact) mass is 300 g/mol. The summed E-state index contributed by atoms with van der Waals surface area (Å²) in [7, 11) is 2.11. The van der Waals surface area contributed by atoms with Gasteiger partial charge in [0, 0.05) is 32.7 Å². The molecule has 4 nitrogen and oxygen atoms in total. The summed E-state index contributed by atoms with van der Waals surface area (Å²) in [6.45, 7) is 4.03. The molecule has 0 bridgehead atoms. The third-order valence-corrected chi connectivity index (χ3v) is 4.63. The molecule has 0 amide bonds. The third kappa shape index (κ3) is 3.01. The maximum atomic E-state index is 11.1. The van der Waals surface area contributed by atoms with Crippen LogP contribution in [-0.4, -0.2) is 66.4 Å². The molecule has 1 fully saturated rings. The predicted molar refractivity (Wildman–Crippen MR) is 88.9 cm³/mol. The van der Waals surface area contributed by atoms with Gasteiger partial charge in [0.2, 0.25) is 0 Å². The van der Waals surface area contributed by atoms with Crippen molar-refractivity contribution in [3.8, 4) is 0 Å². The summed E-state index contributed by atoms with van der Waals surface area (Å²) < 4.78 is 0. The van der Waals surface area contributed by atoms with Crippen molar-refractivity contribution in [2.24, 2.45) is 0 Å². The van der Waals surface area contributed by atoms with E-state index in [-0.39, 0.29) is 6.61 Å². The first kappa shape index (κ1) is 15.4. The van der Waals surface area contributed by atoms with Crippen LogP contribution >= 0.6 is 0 Å². The van der Waals surface area contributed by atoms with Gasteiger partial charge in [0.25, 0.3) is 0 Å². The van der Waals surface area contributed by atoms with E-state index in [0.29, 0.717) is 6.54 Å². The molecule has 118 valence electrons. The van der Waals surface area contributed by atoms with Crippen LogP contribution in [0.3, 0.4) is 0 Å². The fraction of sp³-hybridized carbons (Fsp3) is 0.444. The predicted octanol–water partition coefficient (Wildman–Crippen LogP) is 1.27. The molecule has 2 N–H and O–H groups in total. The Morgan fingerprint density at radius 2 is 1.68 bits per heavy atom. The summed E-state index contributed by atoms with van der Waals surface area (Å²) in [6.07, 6.45) is 0. The van der Waals surface area contributed by atoms with Crippen LogP contribution in [0.25, 0.3) is 10.8 Å². The van der Waals surface area contributed by atoms with Crippen molar-refractivity contribution in [3.05, 3.63) is 48.0 Å². The van der Waals surface area contributed by atoms with Crippen molar-refractivity contribution < 1.29 is 10.2 Å². The minimum absolute atomic E-state index is 0.270. The van der Waals surface area contributed by atoms with Gasteiger partial charge in [-0.2, -0.15) is 0 Å². The van der Waals surface area contributed by atoms with Gasteiger partial charge in [0.05, 0.1) is 6.61 Å². The summed E-state index contributed by atoms with van der Waals surface area (Å²) in [5, 5.41) is 23.1. The molecule has 0 aliphatic carbocycles. The highest BCUT2D eigenvalue weighted by Gasteiger charge is 2.33. The summed E-state index contributed by atoms with van der Waals surface area (Å²) in [5.41, 5.74) is -0.413. The van der Waals surface area contributed by atoms with Crippen molar-refractivity contribution in [3.63, 3.8) is 0 Å². The molecule has 1 atom stereocenters. The van der Waals surface area contributed by atoms with Gasteiger partial charge >= 0.3 is 0 Å². The molecule has 1 aliphatic rings. The van der Waals surface area contributed by atoms with Crippen LogP contribution in [0.5, 0.6) is 0 Å². The zero-order chi connectivity index (χ0) is 15.6. The number of hydrogen-bond acceptors (Lipinski definition) is 4. The lowest BCUT2D eigenvalue weighted by atomic mass is 9.89. The first-order chi connectivity index (χ1) is 10.6. The molecule has 1 saturated heterocycles. The lowest BCUT2D eigenvalue weighted by Crippen LogP contribution is -2.51. The van der Waals surface area contributed by atoms with Crippen LogP contribution in [0.2, 0.25) is 0 Å². The molecule has 3 rings (SSSR count). The van der Waals surface area contributed by atoms with Gasteiger partial charge in [0.1, 0.15) is 5.60 Å². The quantitative estimate of drug-likeness (QED) is 0.893. The van der Waals surface area contributed by atoms with Gasteiger partial charge in [0.15, 0.2) is 0 Å². The van der Waals surface area contributed by atoms with Crippen molar-refractivity contribution >= 4 is 10.8 Å². The molecule has 1 heterocycles.